The van der Waals surface area contributed by atoms with Crippen molar-refractivity contribution in [2.24, 2.45) is 0 Å². The molecule has 1 heterocycles. The van der Waals surface area contributed by atoms with E-state index in [0.29, 0.717) is 12.5 Å². The van der Waals surface area contributed by atoms with E-state index in [0.717, 1.165) is 5.69 Å². The summed E-state index contributed by atoms with van der Waals surface area (Å²) in [5.74, 6) is 0.379. The van der Waals surface area contributed by atoms with Crippen LogP contribution in [0.4, 0.5) is 5.95 Å². The Morgan fingerprint density at radius 2 is 2.54 bits per heavy atom. The summed E-state index contributed by atoms with van der Waals surface area (Å²) in [7, 11) is 0. The molecule has 0 unspecified atom stereocenters. The van der Waals surface area contributed by atoms with Gasteiger partial charge in [0.15, 0.2) is 5.95 Å². The standard InChI is InChI=1S/C7H9N4O.Re/c8-7-10-4-6(11-7)2-1-3-9-5-12;/h1-2,4H,3H2,(H,9,12)(H3,8,10,11);/q-1;/b2-1+;. The first kappa shape index (κ1) is 11.9. The molecule has 13 heavy (non-hydrogen) atoms. The summed E-state index contributed by atoms with van der Waals surface area (Å²) in [5, 5.41) is 2.37. The number of nitrogen functional groups attached to an aromatic ring is 1. The molecular formula is C7H9N4ORe-. The molecule has 0 atom stereocenters. The van der Waals surface area contributed by atoms with E-state index in [9.17, 15) is 4.79 Å². The Morgan fingerprint density at radius 3 is 3.08 bits per heavy atom. The largest absolute Gasteiger partial charge is 0.527 e. The fourth-order valence-electron chi connectivity index (χ4n) is 0.723. The van der Waals surface area contributed by atoms with Gasteiger partial charge >= 0.3 is 0 Å². The summed E-state index contributed by atoms with van der Waals surface area (Å²) in [5.41, 5.74) is 6.14. The van der Waals surface area contributed by atoms with E-state index in [1.807, 2.05) is 0 Å². The van der Waals surface area contributed by atoms with Crippen LogP contribution in [0, 0.1) is 0 Å². The molecule has 1 rings (SSSR count). The first-order chi connectivity index (χ1) is 5.83. The molecule has 0 saturated heterocycles. The van der Waals surface area contributed by atoms with Gasteiger partial charge < -0.3 is 20.8 Å². The van der Waals surface area contributed by atoms with Crippen LogP contribution in [-0.4, -0.2) is 22.9 Å². The number of rotatable bonds is 4. The van der Waals surface area contributed by atoms with Crippen molar-refractivity contribution < 1.29 is 25.2 Å². The van der Waals surface area contributed by atoms with E-state index in [4.69, 9.17) is 5.73 Å². The summed E-state index contributed by atoms with van der Waals surface area (Å²) in [6.45, 7) is 0.447. The van der Waals surface area contributed by atoms with Crippen LogP contribution in [0.3, 0.4) is 0 Å². The topological polar surface area (TPSA) is 83.8 Å². The van der Waals surface area contributed by atoms with Gasteiger partial charge in [-0.2, -0.15) is 6.41 Å². The van der Waals surface area contributed by atoms with Gasteiger partial charge in [0, 0.05) is 27.0 Å². The van der Waals surface area contributed by atoms with Gasteiger partial charge in [-0.3, -0.25) is 0 Å². The zero-order chi connectivity index (χ0) is 8.81. The average Bonchev–Trinajstić information content (AvgIpc) is 2.45. The van der Waals surface area contributed by atoms with Gasteiger partial charge in [-0.1, -0.05) is 6.08 Å². The minimum absolute atomic E-state index is 0. The number of nitrogens with two attached hydrogens (primary N) is 1. The van der Waals surface area contributed by atoms with Crippen molar-refractivity contribution in [2.45, 2.75) is 0 Å². The number of imidazole rings is 1. The van der Waals surface area contributed by atoms with Crippen LogP contribution in [-0.2, 0) is 25.2 Å². The first-order valence-electron chi connectivity index (χ1n) is 3.40. The molecule has 4 N–H and O–H groups in total. The molecule has 1 radical (unpaired) electrons. The summed E-state index contributed by atoms with van der Waals surface area (Å²) in [6, 6.07) is 0. The molecule has 0 aromatic carbocycles. The second kappa shape index (κ2) is 6.40. The van der Waals surface area contributed by atoms with E-state index in [1.165, 1.54) is 0 Å². The molecule has 0 aliphatic carbocycles. The molecule has 71 valence electrons. The van der Waals surface area contributed by atoms with Gasteiger partial charge in [0.25, 0.3) is 0 Å². The van der Waals surface area contributed by atoms with E-state index in [-0.39, 0.29) is 20.4 Å². The van der Waals surface area contributed by atoms with Gasteiger partial charge in [-0.15, -0.1) is 0 Å². The van der Waals surface area contributed by atoms with Crippen molar-refractivity contribution in [2.75, 3.05) is 12.3 Å². The van der Waals surface area contributed by atoms with Crippen molar-refractivity contribution >= 4 is 18.4 Å². The Morgan fingerprint density at radius 1 is 1.77 bits per heavy atom. The molecule has 0 bridgehead atoms. The number of hydrogen-bond acceptors (Lipinski definition) is 3. The number of hydrogen-bond donors (Lipinski definition) is 3. The number of aromatic amines is 1. The monoisotopic (exact) mass is 352 g/mol. The summed E-state index contributed by atoms with van der Waals surface area (Å²) < 4.78 is 0. The zero-order valence-electron chi connectivity index (χ0n) is 6.75. The second-order valence-electron chi connectivity index (χ2n) is 2.11. The predicted octanol–water partition coefficient (Wildman–Crippen LogP) is -0.341. The van der Waals surface area contributed by atoms with Crippen molar-refractivity contribution in [1.82, 2.24) is 15.3 Å². The molecule has 0 aliphatic heterocycles. The Kier molecular flexibility index (Phi) is 5.85. The van der Waals surface area contributed by atoms with Crippen LogP contribution >= 0.6 is 0 Å². The molecule has 5 nitrogen and oxygen atoms in total. The quantitative estimate of drug-likeness (QED) is 0.394. The number of amides is 1. The Balaban J connectivity index is 0.00000144. The van der Waals surface area contributed by atoms with Crippen LogP contribution in [0.2, 0.25) is 0 Å². The summed E-state index contributed by atoms with van der Waals surface area (Å²) in [6.07, 6.45) is 6.70. The van der Waals surface area contributed by atoms with Gasteiger partial charge in [0.2, 0.25) is 0 Å². The van der Waals surface area contributed by atoms with E-state index in [2.05, 4.69) is 15.3 Å². The molecule has 0 saturated carbocycles. The maximum Gasteiger partial charge on any atom is 0.197 e. The SMILES string of the molecule is Nc1ncc(/C=C/CN[C-]=O)[nH]1.[Re]. The molecular weight excluding hydrogens is 342 g/mol. The minimum Gasteiger partial charge on any atom is -0.527 e. The van der Waals surface area contributed by atoms with Crippen LogP contribution in [0.25, 0.3) is 6.08 Å². The maximum absolute atomic E-state index is 9.71. The van der Waals surface area contributed by atoms with E-state index in [1.54, 1.807) is 24.8 Å². The molecule has 1 amide bonds. The third kappa shape index (κ3) is 4.46. The fourth-order valence-corrected chi connectivity index (χ4v) is 0.723. The van der Waals surface area contributed by atoms with Crippen molar-refractivity contribution in [3.05, 3.63) is 18.0 Å². The Labute approximate surface area is 89.5 Å². The molecule has 0 spiro atoms. The molecule has 1 aromatic heterocycles. The minimum atomic E-state index is 0. The number of aromatic nitrogens is 2. The number of nitrogens with zero attached hydrogens (tertiary/aromatic N) is 1. The fraction of sp³-hybridized carbons (Fsp3) is 0.143. The van der Waals surface area contributed by atoms with Crippen molar-refractivity contribution in [1.29, 1.82) is 0 Å². The number of anilines is 1. The van der Waals surface area contributed by atoms with Crippen molar-refractivity contribution in [3.63, 3.8) is 0 Å². The van der Waals surface area contributed by atoms with Crippen LogP contribution < -0.4 is 11.1 Å². The smallest absolute Gasteiger partial charge is 0.197 e. The molecule has 1 aromatic rings. The molecule has 6 heteroatoms. The number of nitrogens with one attached hydrogen (secondary N) is 2. The Hall–Kier alpha value is -1.12. The summed E-state index contributed by atoms with van der Waals surface area (Å²) in [4.78, 5) is 16.3. The number of carbonyl (C=O) groups excluding carboxylic acids is 1. The summed E-state index contributed by atoms with van der Waals surface area (Å²) >= 11 is 0. The van der Waals surface area contributed by atoms with Crippen molar-refractivity contribution in [3.8, 4) is 0 Å². The van der Waals surface area contributed by atoms with Crippen LogP contribution in [0.15, 0.2) is 12.3 Å². The molecule has 0 fully saturated rings. The maximum atomic E-state index is 9.71. The van der Waals surface area contributed by atoms with Crippen LogP contribution in [0.1, 0.15) is 5.69 Å². The van der Waals surface area contributed by atoms with Gasteiger partial charge in [-0.25, -0.2) is 4.98 Å². The third-order valence-corrected chi connectivity index (χ3v) is 1.20. The normalized spacial score (nSPS) is 9.54. The van der Waals surface area contributed by atoms with Gasteiger partial charge in [-0.05, 0) is 6.08 Å². The zero-order valence-corrected chi connectivity index (χ0v) is 9.47. The molecule has 0 aliphatic rings. The Bertz CT molecular complexity index is 284. The van der Waals surface area contributed by atoms with E-state index < -0.39 is 0 Å². The number of H-pyrrole nitrogens is 1. The van der Waals surface area contributed by atoms with Gasteiger partial charge in [0.1, 0.15) is 0 Å². The first-order valence-corrected chi connectivity index (χ1v) is 3.40. The van der Waals surface area contributed by atoms with E-state index >= 15 is 0 Å². The van der Waals surface area contributed by atoms with Gasteiger partial charge in [0.05, 0.1) is 11.9 Å². The van der Waals surface area contributed by atoms with Crippen LogP contribution in [0.5, 0.6) is 0 Å². The second-order valence-corrected chi connectivity index (χ2v) is 2.11. The average molecular weight is 351 g/mol. The third-order valence-electron chi connectivity index (χ3n) is 1.20. The predicted molar refractivity (Wildman–Crippen MR) is 45.7 cm³/mol.